The molecule has 0 saturated heterocycles. The van der Waals surface area contributed by atoms with Crippen LogP contribution in [0, 0.1) is 21.4 Å². The average Bonchev–Trinajstić information content (AvgIpc) is 2.19. The summed E-state index contributed by atoms with van der Waals surface area (Å²) in [5.41, 5.74) is 4.01. The zero-order valence-electron chi connectivity index (χ0n) is 7.68. The van der Waals surface area contributed by atoms with Crippen molar-refractivity contribution >= 4 is 11.4 Å². The highest BCUT2D eigenvalue weighted by Gasteiger charge is 2.18. The van der Waals surface area contributed by atoms with E-state index in [1.54, 1.807) is 0 Å². The van der Waals surface area contributed by atoms with Crippen LogP contribution in [0.15, 0.2) is 12.1 Å². The highest BCUT2D eigenvalue weighted by Crippen LogP contribution is 2.32. The summed E-state index contributed by atoms with van der Waals surface area (Å²) in [6.45, 7) is -3.16. The fourth-order valence-electron chi connectivity index (χ4n) is 1.04. The number of nitro groups is 1. The average molecular weight is 229 g/mol. The highest BCUT2D eigenvalue weighted by molar-refractivity contribution is 5.65. The molecule has 0 fully saturated rings. The maximum atomic E-state index is 12.0. The number of benzene rings is 1. The van der Waals surface area contributed by atoms with Gasteiger partial charge in [-0.05, 0) is 0 Å². The Morgan fingerprint density at radius 2 is 2.19 bits per heavy atom. The smallest absolute Gasteiger partial charge is 0.387 e. The lowest BCUT2D eigenvalue weighted by atomic mass is 10.1. The van der Waals surface area contributed by atoms with Crippen LogP contribution in [0.25, 0.3) is 0 Å². The largest absolute Gasteiger partial charge is 0.431 e. The molecule has 1 rings (SSSR count). The zero-order chi connectivity index (χ0) is 12.3. The topological polar surface area (TPSA) is 102 Å². The molecule has 0 spiro atoms. The number of halogens is 2. The maximum absolute atomic E-state index is 12.0. The highest BCUT2D eigenvalue weighted by atomic mass is 19.3. The molecule has 0 atom stereocenters. The van der Waals surface area contributed by atoms with Crippen LogP contribution in [0.5, 0.6) is 5.75 Å². The third-order valence-corrected chi connectivity index (χ3v) is 1.64. The van der Waals surface area contributed by atoms with Gasteiger partial charge in [0.15, 0.2) is 5.75 Å². The SMILES string of the molecule is N#Cc1cc([N+](=O)[O-])cc(N)c1OC(F)F. The molecule has 16 heavy (non-hydrogen) atoms. The summed E-state index contributed by atoms with van der Waals surface area (Å²) < 4.78 is 27.9. The van der Waals surface area contributed by atoms with Gasteiger partial charge in [0.2, 0.25) is 0 Å². The minimum Gasteiger partial charge on any atom is -0.431 e. The van der Waals surface area contributed by atoms with Crippen LogP contribution < -0.4 is 10.5 Å². The number of rotatable bonds is 3. The van der Waals surface area contributed by atoms with Crippen LogP contribution >= 0.6 is 0 Å². The maximum Gasteiger partial charge on any atom is 0.387 e. The van der Waals surface area contributed by atoms with Crippen molar-refractivity contribution in [2.75, 3.05) is 5.73 Å². The number of hydrogen-bond donors (Lipinski definition) is 1. The standard InChI is InChI=1S/C8H5F2N3O3/c9-8(10)16-7-4(3-11)1-5(13(14)15)2-6(7)12/h1-2,8H,12H2. The Kier molecular flexibility index (Phi) is 3.20. The van der Waals surface area contributed by atoms with Crippen molar-refractivity contribution in [2.45, 2.75) is 6.61 Å². The fourth-order valence-corrected chi connectivity index (χ4v) is 1.04. The molecular weight excluding hydrogens is 224 g/mol. The number of anilines is 1. The van der Waals surface area contributed by atoms with E-state index < -0.39 is 28.5 Å². The van der Waals surface area contributed by atoms with Crippen LogP contribution in [0.2, 0.25) is 0 Å². The summed E-state index contributed by atoms with van der Waals surface area (Å²) in [7, 11) is 0. The van der Waals surface area contributed by atoms with E-state index in [0.29, 0.717) is 0 Å². The molecule has 8 heteroatoms. The molecule has 6 nitrogen and oxygen atoms in total. The quantitative estimate of drug-likeness (QED) is 0.482. The predicted octanol–water partition coefficient (Wildman–Crippen LogP) is 1.65. The summed E-state index contributed by atoms with van der Waals surface area (Å²) in [5.74, 6) is -0.553. The lowest BCUT2D eigenvalue weighted by Crippen LogP contribution is -2.06. The first kappa shape index (κ1) is 11.6. The molecule has 0 unspecified atom stereocenters. The second kappa shape index (κ2) is 4.39. The first-order chi connectivity index (χ1) is 7.45. The second-order valence-electron chi connectivity index (χ2n) is 2.66. The van der Waals surface area contributed by atoms with Crippen LogP contribution in [0.4, 0.5) is 20.2 Å². The number of nitrogens with two attached hydrogens (primary N) is 1. The molecule has 0 aromatic heterocycles. The molecule has 1 aromatic carbocycles. The fraction of sp³-hybridized carbons (Fsp3) is 0.125. The molecule has 84 valence electrons. The van der Waals surface area contributed by atoms with Crippen LogP contribution in [-0.4, -0.2) is 11.5 Å². The summed E-state index contributed by atoms with van der Waals surface area (Å²) in [6.07, 6.45) is 0. The van der Waals surface area contributed by atoms with E-state index >= 15 is 0 Å². The lowest BCUT2D eigenvalue weighted by Gasteiger charge is -2.08. The van der Waals surface area contributed by atoms with Gasteiger partial charge in [-0.15, -0.1) is 0 Å². The number of hydrogen-bond acceptors (Lipinski definition) is 5. The molecule has 0 bridgehead atoms. The van der Waals surface area contributed by atoms with Crippen LogP contribution in [0.3, 0.4) is 0 Å². The first-order valence-corrected chi connectivity index (χ1v) is 3.88. The first-order valence-electron chi connectivity index (χ1n) is 3.88. The van der Waals surface area contributed by atoms with E-state index in [-0.39, 0.29) is 5.69 Å². The molecule has 0 amide bonds. The number of nitriles is 1. The van der Waals surface area contributed by atoms with Gasteiger partial charge in [-0.3, -0.25) is 10.1 Å². The normalized spacial score (nSPS) is 9.88. The van der Waals surface area contributed by atoms with Crippen molar-refractivity contribution in [1.29, 1.82) is 5.26 Å². The third-order valence-electron chi connectivity index (χ3n) is 1.64. The van der Waals surface area contributed by atoms with Crippen molar-refractivity contribution in [3.05, 3.63) is 27.8 Å². The van der Waals surface area contributed by atoms with Gasteiger partial charge in [0.1, 0.15) is 11.6 Å². The number of non-ortho nitro benzene ring substituents is 1. The van der Waals surface area contributed by atoms with Crippen molar-refractivity contribution in [3.63, 3.8) is 0 Å². The monoisotopic (exact) mass is 229 g/mol. The van der Waals surface area contributed by atoms with Gasteiger partial charge in [0, 0.05) is 12.1 Å². The molecule has 0 aliphatic rings. The summed E-state index contributed by atoms with van der Waals surface area (Å²) in [5, 5.41) is 19.0. The van der Waals surface area contributed by atoms with E-state index in [9.17, 15) is 18.9 Å². The minimum absolute atomic E-state index is 0.383. The summed E-state index contributed by atoms with van der Waals surface area (Å²) in [4.78, 5) is 9.62. The van der Waals surface area contributed by atoms with Gasteiger partial charge in [-0.25, -0.2) is 0 Å². The third kappa shape index (κ3) is 2.33. The van der Waals surface area contributed by atoms with E-state index in [2.05, 4.69) is 4.74 Å². The molecule has 2 N–H and O–H groups in total. The van der Waals surface area contributed by atoms with Crippen molar-refractivity contribution in [1.82, 2.24) is 0 Å². The Bertz CT molecular complexity index is 470. The number of nitro benzene ring substituents is 1. The summed E-state index contributed by atoms with van der Waals surface area (Å²) in [6, 6.07) is 3.15. The summed E-state index contributed by atoms with van der Waals surface area (Å²) >= 11 is 0. The molecule has 0 radical (unpaired) electrons. The van der Waals surface area contributed by atoms with Gasteiger partial charge in [-0.1, -0.05) is 0 Å². The molecular formula is C8H5F2N3O3. The van der Waals surface area contributed by atoms with Gasteiger partial charge in [-0.2, -0.15) is 14.0 Å². The Balaban J connectivity index is 3.30. The van der Waals surface area contributed by atoms with Crippen molar-refractivity contribution < 1.29 is 18.4 Å². The van der Waals surface area contributed by atoms with Crippen molar-refractivity contribution in [2.24, 2.45) is 0 Å². The second-order valence-corrected chi connectivity index (χ2v) is 2.66. The van der Waals surface area contributed by atoms with E-state index in [1.807, 2.05) is 0 Å². The van der Waals surface area contributed by atoms with E-state index in [0.717, 1.165) is 12.1 Å². The van der Waals surface area contributed by atoms with Crippen molar-refractivity contribution in [3.8, 4) is 11.8 Å². The molecule has 1 aromatic rings. The van der Waals surface area contributed by atoms with Gasteiger partial charge in [0.05, 0.1) is 10.6 Å². The molecule has 0 saturated carbocycles. The predicted molar refractivity (Wildman–Crippen MR) is 48.9 cm³/mol. The number of alkyl halides is 2. The Morgan fingerprint density at radius 3 is 2.62 bits per heavy atom. The van der Waals surface area contributed by atoms with E-state index in [1.165, 1.54) is 6.07 Å². The minimum atomic E-state index is -3.16. The number of nitrogens with zero attached hydrogens (tertiary/aromatic N) is 2. The zero-order valence-corrected chi connectivity index (χ0v) is 7.68. The van der Waals surface area contributed by atoms with Gasteiger partial charge >= 0.3 is 6.61 Å². The van der Waals surface area contributed by atoms with Gasteiger partial charge < -0.3 is 10.5 Å². The number of ether oxygens (including phenoxy) is 1. The molecule has 0 heterocycles. The molecule has 0 aliphatic heterocycles. The lowest BCUT2D eigenvalue weighted by molar-refractivity contribution is -0.384. The Morgan fingerprint density at radius 1 is 1.56 bits per heavy atom. The number of nitrogen functional groups attached to an aromatic ring is 1. The Labute approximate surface area is 88.0 Å². The van der Waals surface area contributed by atoms with E-state index in [4.69, 9.17) is 11.0 Å². The van der Waals surface area contributed by atoms with Gasteiger partial charge in [0.25, 0.3) is 5.69 Å². The molecule has 0 aliphatic carbocycles. The van der Waals surface area contributed by atoms with Crippen LogP contribution in [-0.2, 0) is 0 Å². The van der Waals surface area contributed by atoms with Crippen LogP contribution in [0.1, 0.15) is 5.56 Å². The Hall–Kier alpha value is -2.43.